The zero-order valence-electron chi connectivity index (χ0n) is 14.1. The van der Waals surface area contributed by atoms with E-state index in [0.717, 1.165) is 10.9 Å². The fourth-order valence-electron chi connectivity index (χ4n) is 3.01. The highest BCUT2D eigenvalue weighted by Crippen LogP contribution is 2.34. The van der Waals surface area contributed by atoms with Crippen LogP contribution in [0.15, 0.2) is 53.5 Å². The molecular weight excluding hydrogens is 406 g/mol. The molecule has 1 saturated heterocycles. The Kier molecular flexibility index (Phi) is 4.88. The number of thioether (sulfide) groups is 1. The van der Waals surface area contributed by atoms with Crippen LogP contribution in [0.4, 0.5) is 11.4 Å². The second-order valence-corrected chi connectivity index (χ2v) is 10.2. The van der Waals surface area contributed by atoms with Crippen LogP contribution in [0.25, 0.3) is 0 Å². The molecule has 2 aromatic carbocycles. The van der Waals surface area contributed by atoms with Crippen LogP contribution in [0.1, 0.15) is 10.4 Å². The normalized spacial score (nSPS) is 22.8. The molecule has 4 rings (SSSR count). The summed E-state index contributed by atoms with van der Waals surface area (Å²) in [6, 6.07) is 13.8. The van der Waals surface area contributed by atoms with E-state index >= 15 is 0 Å². The van der Waals surface area contributed by atoms with Gasteiger partial charge in [-0.2, -0.15) is 0 Å². The van der Waals surface area contributed by atoms with Crippen molar-refractivity contribution < 1.29 is 13.2 Å². The standard InChI is InChI=1S/C18H16ClN3O3S2/c19-12-2-1-3-14(8-12)20-17(23)11-4-6-13(7-5-11)21-18-22-15-9-27(24,25)10-16(15)26-18/h1-8,15-16H,9-10H2,(H,20,23)(H,21,22)/t15-,16+/m0/s1. The molecule has 0 spiro atoms. The molecule has 0 unspecified atom stereocenters. The summed E-state index contributed by atoms with van der Waals surface area (Å²) in [6.07, 6.45) is 0. The molecule has 0 aliphatic carbocycles. The lowest BCUT2D eigenvalue weighted by atomic mass is 10.2. The van der Waals surface area contributed by atoms with Crippen LogP contribution in [0.5, 0.6) is 0 Å². The van der Waals surface area contributed by atoms with Crippen LogP contribution in [-0.4, -0.2) is 42.3 Å². The van der Waals surface area contributed by atoms with Gasteiger partial charge in [-0.15, -0.1) is 0 Å². The Bertz CT molecular complexity index is 1020. The number of anilines is 2. The van der Waals surface area contributed by atoms with E-state index in [4.69, 9.17) is 11.6 Å². The molecule has 2 aliphatic heterocycles. The number of amidine groups is 1. The summed E-state index contributed by atoms with van der Waals surface area (Å²) in [5.41, 5.74) is 1.95. The number of nitrogens with one attached hydrogen (secondary N) is 2. The number of amides is 1. The van der Waals surface area contributed by atoms with E-state index in [0.29, 0.717) is 16.3 Å². The van der Waals surface area contributed by atoms with Gasteiger partial charge in [-0.25, -0.2) is 8.42 Å². The van der Waals surface area contributed by atoms with E-state index in [2.05, 4.69) is 15.6 Å². The van der Waals surface area contributed by atoms with Crippen molar-refractivity contribution in [1.82, 2.24) is 0 Å². The van der Waals surface area contributed by atoms with E-state index in [1.165, 1.54) is 11.8 Å². The summed E-state index contributed by atoms with van der Waals surface area (Å²) in [5, 5.41) is 7.26. The molecule has 2 atom stereocenters. The molecule has 1 fully saturated rings. The molecule has 2 aromatic rings. The van der Waals surface area contributed by atoms with E-state index in [1.54, 1.807) is 48.5 Å². The first-order chi connectivity index (χ1) is 12.9. The Hall–Kier alpha value is -2.03. The van der Waals surface area contributed by atoms with Gasteiger partial charge < -0.3 is 10.6 Å². The number of sulfone groups is 1. The van der Waals surface area contributed by atoms with Gasteiger partial charge >= 0.3 is 0 Å². The van der Waals surface area contributed by atoms with Gasteiger partial charge in [-0.05, 0) is 42.5 Å². The summed E-state index contributed by atoms with van der Waals surface area (Å²) in [4.78, 5) is 16.8. The smallest absolute Gasteiger partial charge is 0.255 e. The lowest BCUT2D eigenvalue weighted by molar-refractivity contribution is 0.102. The molecule has 6 nitrogen and oxygen atoms in total. The van der Waals surface area contributed by atoms with Crippen molar-refractivity contribution in [3.8, 4) is 0 Å². The molecule has 0 aromatic heterocycles. The van der Waals surface area contributed by atoms with Crippen molar-refractivity contribution in [2.45, 2.75) is 11.3 Å². The van der Waals surface area contributed by atoms with Gasteiger partial charge in [0, 0.05) is 27.2 Å². The summed E-state index contributed by atoms with van der Waals surface area (Å²) >= 11 is 7.38. The molecule has 2 heterocycles. The summed E-state index contributed by atoms with van der Waals surface area (Å²) in [7, 11) is -2.95. The molecule has 27 heavy (non-hydrogen) atoms. The molecule has 2 N–H and O–H groups in total. The minimum Gasteiger partial charge on any atom is -0.335 e. The maximum atomic E-state index is 12.3. The van der Waals surface area contributed by atoms with Crippen molar-refractivity contribution in [2.24, 2.45) is 4.99 Å². The van der Waals surface area contributed by atoms with Gasteiger partial charge in [-0.3, -0.25) is 9.79 Å². The number of halogens is 1. The van der Waals surface area contributed by atoms with E-state index < -0.39 is 9.84 Å². The molecule has 0 saturated carbocycles. The Morgan fingerprint density at radius 2 is 1.89 bits per heavy atom. The third-order valence-electron chi connectivity index (χ3n) is 4.30. The highest BCUT2D eigenvalue weighted by Gasteiger charge is 2.42. The number of rotatable bonds is 3. The number of benzene rings is 2. The van der Waals surface area contributed by atoms with Crippen LogP contribution >= 0.6 is 23.4 Å². The third-order valence-corrected chi connectivity index (χ3v) is 7.68. The maximum Gasteiger partial charge on any atom is 0.255 e. The number of aliphatic imine (C=N–C) groups is 1. The zero-order chi connectivity index (χ0) is 19.0. The summed E-state index contributed by atoms with van der Waals surface area (Å²) in [5.74, 6) is 0.0779. The number of fused-ring (bicyclic) bond motifs is 1. The SMILES string of the molecule is O=C(Nc1cccc(Cl)c1)c1ccc(NC2=N[C@H]3CS(=O)(=O)C[C@H]3S2)cc1. The van der Waals surface area contributed by atoms with Gasteiger partial charge in [0.25, 0.3) is 5.91 Å². The summed E-state index contributed by atoms with van der Waals surface area (Å²) in [6.45, 7) is 0. The predicted molar refractivity (Wildman–Crippen MR) is 111 cm³/mol. The van der Waals surface area contributed by atoms with Crippen LogP contribution in [0.2, 0.25) is 5.02 Å². The number of nitrogens with zero attached hydrogens (tertiary/aromatic N) is 1. The largest absolute Gasteiger partial charge is 0.335 e. The molecular formula is C18H16ClN3O3S2. The van der Waals surface area contributed by atoms with Gasteiger partial charge in [0.2, 0.25) is 0 Å². The first kappa shape index (κ1) is 18.3. The fourth-order valence-corrected chi connectivity index (χ4v) is 6.88. The number of hydrogen-bond acceptors (Lipinski definition) is 6. The maximum absolute atomic E-state index is 12.3. The fraction of sp³-hybridized carbons (Fsp3) is 0.222. The quantitative estimate of drug-likeness (QED) is 0.794. The van der Waals surface area contributed by atoms with Crippen LogP contribution in [0, 0.1) is 0 Å². The second-order valence-electron chi connectivity index (χ2n) is 6.40. The van der Waals surface area contributed by atoms with Crippen molar-refractivity contribution >= 4 is 55.6 Å². The average Bonchev–Trinajstić information content (AvgIpc) is 3.08. The van der Waals surface area contributed by atoms with Gasteiger partial charge in [0.15, 0.2) is 15.0 Å². The topological polar surface area (TPSA) is 87.6 Å². The molecule has 0 radical (unpaired) electrons. The summed E-state index contributed by atoms with van der Waals surface area (Å²) < 4.78 is 23.2. The van der Waals surface area contributed by atoms with Crippen molar-refractivity contribution in [3.63, 3.8) is 0 Å². The molecule has 0 bridgehead atoms. The molecule has 2 aliphatic rings. The number of carbonyl (C=O) groups is 1. The number of carbonyl (C=O) groups excluding carboxylic acids is 1. The van der Waals surface area contributed by atoms with Gasteiger partial charge in [-0.1, -0.05) is 29.4 Å². The Labute approximate surface area is 166 Å². The van der Waals surface area contributed by atoms with Gasteiger partial charge in [0.05, 0.1) is 17.5 Å². The average molecular weight is 422 g/mol. The first-order valence-corrected chi connectivity index (χ1v) is 11.3. The van der Waals surface area contributed by atoms with Crippen LogP contribution in [-0.2, 0) is 9.84 Å². The van der Waals surface area contributed by atoms with E-state index in [-0.39, 0.29) is 28.7 Å². The van der Waals surface area contributed by atoms with Crippen LogP contribution in [0.3, 0.4) is 0 Å². The highest BCUT2D eigenvalue weighted by molar-refractivity contribution is 8.15. The highest BCUT2D eigenvalue weighted by atomic mass is 35.5. The monoisotopic (exact) mass is 421 g/mol. The Morgan fingerprint density at radius 3 is 2.59 bits per heavy atom. The predicted octanol–water partition coefficient (Wildman–Crippen LogP) is 3.27. The lowest BCUT2D eigenvalue weighted by Crippen LogP contribution is -2.13. The zero-order valence-corrected chi connectivity index (χ0v) is 16.4. The van der Waals surface area contributed by atoms with Gasteiger partial charge in [0.1, 0.15) is 0 Å². The second kappa shape index (κ2) is 7.18. The van der Waals surface area contributed by atoms with E-state index in [1.807, 2.05) is 0 Å². The number of hydrogen-bond donors (Lipinski definition) is 2. The minimum absolute atomic E-state index is 0.000229. The molecule has 1 amide bonds. The van der Waals surface area contributed by atoms with Crippen molar-refractivity contribution in [3.05, 3.63) is 59.1 Å². The Balaban J connectivity index is 1.39. The lowest BCUT2D eigenvalue weighted by Gasteiger charge is -2.09. The Morgan fingerprint density at radius 1 is 1.11 bits per heavy atom. The van der Waals surface area contributed by atoms with E-state index in [9.17, 15) is 13.2 Å². The first-order valence-electron chi connectivity index (χ1n) is 8.27. The van der Waals surface area contributed by atoms with Crippen molar-refractivity contribution in [1.29, 1.82) is 0 Å². The minimum atomic E-state index is -2.95. The molecule has 9 heteroatoms. The third kappa shape index (κ3) is 4.28. The van der Waals surface area contributed by atoms with Crippen molar-refractivity contribution in [2.75, 3.05) is 22.1 Å². The molecule has 140 valence electrons. The van der Waals surface area contributed by atoms with Crippen LogP contribution < -0.4 is 10.6 Å².